The maximum Gasteiger partial charge on any atom is 0.261 e. The van der Waals surface area contributed by atoms with Crippen LogP contribution in [0.3, 0.4) is 0 Å². The van der Waals surface area contributed by atoms with Crippen LogP contribution in [0.15, 0.2) is 17.5 Å². The van der Waals surface area contributed by atoms with E-state index in [-0.39, 0.29) is 17.1 Å². The summed E-state index contributed by atoms with van der Waals surface area (Å²) in [5.41, 5.74) is -0.196. The van der Waals surface area contributed by atoms with Crippen LogP contribution < -0.4 is 10.6 Å². The third kappa shape index (κ3) is 4.53. The molecule has 1 fully saturated rings. The second-order valence-corrected chi connectivity index (χ2v) is 7.71. The number of thiophene rings is 1. The predicted octanol–water partition coefficient (Wildman–Crippen LogP) is 2.80. The van der Waals surface area contributed by atoms with E-state index in [1.54, 1.807) is 0 Å². The normalized spacial score (nSPS) is 23.1. The SMILES string of the molecule is CC1(C)CC(NCCCNC(=O)c2cccs2)C(C)(C)O1. The first kappa shape index (κ1) is 16.5. The Morgan fingerprint density at radius 3 is 2.71 bits per heavy atom. The van der Waals surface area contributed by atoms with Crippen LogP contribution in [-0.4, -0.2) is 36.2 Å². The Bertz CT molecular complexity index is 469. The summed E-state index contributed by atoms with van der Waals surface area (Å²) in [6.07, 6.45) is 1.94. The van der Waals surface area contributed by atoms with Gasteiger partial charge in [-0.05, 0) is 58.5 Å². The van der Waals surface area contributed by atoms with Gasteiger partial charge in [-0.2, -0.15) is 0 Å². The molecule has 1 saturated heterocycles. The third-order valence-electron chi connectivity index (χ3n) is 3.85. The lowest BCUT2D eigenvalue weighted by Crippen LogP contribution is -2.44. The van der Waals surface area contributed by atoms with E-state index in [0.29, 0.717) is 12.6 Å². The molecule has 0 aromatic carbocycles. The molecule has 2 heterocycles. The minimum atomic E-state index is -0.135. The van der Waals surface area contributed by atoms with Gasteiger partial charge in [0.1, 0.15) is 0 Å². The van der Waals surface area contributed by atoms with Gasteiger partial charge in [-0.3, -0.25) is 4.79 Å². The molecule has 4 nitrogen and oxygen atoms in total. The van der Waals surface area contributed by atoms with Crippen LogP contribution in [0.1, 0.15) is 50.2 Å². The molecule has 2 rings (SSSR count). The van der Waals surface area contributed by atoms with E-state index in [4.69, 9.17) is 4.74 Å². The first-order chi connectivity index (χ1) is 9.80. The largest absolute Gasteiger partial charge is 0.368 e. The van der Waals surface area contributed by atoms with Crippen LogP contribution in [0.5, 0.6) is 0 Å². The van der Waals surface area contributed by atoms with Crippen molar-refractivity contribution >= 4 is 17.2 Å². The molecule has 1 aromatic heterocycles. The van der Waals surface area contributed by atoms with E-state index in [1.165, 1.54) is 11.3 Å². The quantitative estimate of drug-likeness (QED) is 0.794. The van der Waals surface area contributed by atoms with Gasteiger partial charge >= 0.3 is 0 Å². The molecule has 21 heavy (non-hydrogen) atoms. The van der Waals surface area contributed by atoms with Crippen molar-refractivity contribution in [2.24, 2.45) is 0 Å². The fourth-order valence-corrected chi connectivity index (χ4v) is 3.58. The van der Waals surface area contributed by atoms with Gasteiger partial charge in [-0.15, -0.1) is 11.3 Å². The maximum absolute atomic E-state index is 11.8. The van der Waals surface area contributed by atoms with Gasteiger partial charge in [0.15, 0.2) is 0 Å². The molecule has 1 aliphatic heterocycles. The molecule has 0 aliphatic carbocycles. The maximum atomic E-state index is 11.8. The topological polar surface area (TPSA) is 50.4 Å². The molecule has 1 amide bonds. The molecule has 0 radical (unpaired) electrons. The molecule has 5 heteroatoms. The van der Waals surface area contributed by atoms with Crippen molar-refractivity contribution in [3.63, 3.8) is 0 Å². The third-order valence-corrected chi connectivity index (χ3v) is 4.72. The number of ether oxygens (including phenoxy) is 1. The summed E-state index contributed by atoms with van der Waals surface area (Å²) in [6.45, 7) is 10.1. The smallest absolute Gasteiger partial charge is 0.261 e. The van der Waals surface area contributed by atoms with Gasteiger partial charge in [0.2, 0.25) is 0 Å². The summed E-state index contributed by atoms with van der Waals surface area (Å²) < 4.78 is 6.06. The lowest BCUT2D eigenvalue weighted by atomic mass is 9.94. The molecule has 1 unspecified atom stereocenters. The summed E-state index contributed by atoms with van der Waals surface area (Å²) >= 11 is 1.47. The molecular formula is C16H26N2O2S. The lowest BCUT2D eigenvalue weighted by molar-refractivity contribution is -0.0697. The summed E-state index contributed by atoms with van der Waals surface area (Å²) in [7, 11) is 0. The molecule has 1 atom stereocenters. The van der Waals surface area contributed by atoms with Crippen molar-refractivity contribution in [2.75, 3.05) is 13.1 Å². The highest BCUT2D eigenvalue weighted by Gasteiger charge is 2.45. The van der Waals surface area contributed by atoms with Crippen LogP contribution in [0.4, 0.5) is 0 Å². The van der Waals surface area contributed by atoms with Gasteiger partial charge in [0, 0.05) is 12.6 Å². The average molecular weight is 310 g/mol. The van der Waals surface area contributed by atoms with E-state index in [2.05, 4.69) is 38.3 Å². The highest BCUT2D eigenvalue weighted by atomic mass is 32.1. The zero-order valence-electron chi connectivity index (χ0n) is 13.4. The predicted molar refractivity (Wildman–Crippen MR) is 86.9 cm³/mol. The van der Waals surface area contributed by atoms with Crippen molar-refractivity contribution in [1.29, 1.82) is 0 Å². The van der Waals surface area contributed by atoms with Crippen molar-refractivity contribution < 1.29 is 9.53 Å². The average Bonchev–Trinajstić information content (AvgIpc) is 2.94. The first-order valence-corrected chi connectivity index (χ1v) is 8.43. The van der Waals surface area contributed by atoms with Crippen LogP contribution in [0.2, 0.25) is 0 Å². The summed E-state index contributed by atoms with van der Waals surface area (Å²) in [6, 6.07) is 4.10. The molecular weight excluding hydrogens is 284 g/mol. The standard InChI is InChI=1S/C16H26N2O2S/c1-15(2)11-13(16(3,4)20-15)17-8-6-9-18-14(19)12-7-5-10-21-12/h5,7,10,13,17H,6,8-9,11H2,1-4H3,(H,18,19). The van der Waals surface area contributed by atoms with Crippen molar-refractivity contribution in [1.82, 2.24) is 10.6 Å². The fourth-order valence-electron chi connectivity index (χ4n) is 2.94. The Balaban J connectivity index is 1.65. The highest BCUT2D eigenvalue weighted by Crippen LogP contribution is 2.37. The van der Waals surface area contributed by atoms with E-state index in [1.807, 2.05) is 17.5 Å². The van der Waals surface area contributed by atoms with Crippen molar-refractivity contribution in [3.8, 4) is 0 Å². The Hall–Kier alpha value is -0.910. The first-order valence-electron chi connectivity index (χ1n) is 7.55. The van der Waals surface area contributed by atoms with Crippen molar-refractivity contribution in [3.05, 3.63) is 22.4 Å². The second-order valence-electron chi connectivity index (χ2n) is 6.76. The zero-order valence-corrected chi connectivity index (χ0v) is 14.2. The molecule has 1 aromatic rings. The minimum absolute atomic E-state index is 0.0238. The summed E-state index contributed by atoms with van der Waals surface area (Å²) in [5, 5.41) is 8.43. The molecule has 1 aliphatic rings. The molecule has 0 saturated carbocycles. The number of carbonyl (C=O) groups is 1. The van der Waals surface area contributed by atoms with Gasteiger partial charge in [-0.25, -0.2) is 0 Å². The van der Waals surface area contributed by atoms with Gasteiger partial charge in [0.05, 0.1) is 16.1 Å². The Kier molecular flexibility index (Phi) is 5.07. The van der Waals surface area contributed by atoms with Gasteiger partial charge < -0.3 is 15.4 Å². The molecule has 0 spiro atoms. The summed E-state index contributed by atoms with van der Waals surface area (Å²) in [4.78, 5) is 12.5. The van der Waals surface area contributed by atoms with E-state index in [0.717, 1.165) is 24.3 Å². The number of hydrogen-bond donors (Lipinski definition) is 2. The van der Waals surface area contributed by atoms with Crippen LogP contribution in [0.25, 0.3) is 0 Å². The number of rotatable bonds is 6. The molecule has 118 valence electrons. The Morgan fingerprint density at radius 1 is 1.38 bits per heavy atom. The van der Waals surface area contributed by atoms with Crippen LogP contribution in [0, 0.1) is 0 Å². The van der Waals surface area contributed by atoms with Gasteiger partial charge in [-0.1, -0.05) is 6.07 Å². The second kappa shape index (κ2) is 6.46. The Morgan fingerprint density at radius 2 is 2.14 bits per heavy atom. The molecule has 0 bridgehead atoms. The van der Waals surface area contributed by atoms with Crippen LogP contribution in [-0.2, 0) is 4.74 Å². The number of amides is 1. The van der Waals surface area contributed by atoms with E-state index >= 15 is 0 Å². The highest BCUT2D eigenvalue weighted by molar-refractivity contribution is 7.12. The number of hydrogen-bond acceptors (Lipinski definition) is 4. The van der Waals surface area contributed by atoms with Crippen LogP contribution >= 0.6 is 11.3 Å². The lowest BCUT2D eigenvalue weighted by Gasteiger charge is -2.27. The number of carbonyl (C=O) groups excluding carboxylic acids is 1. The Labute approximate surface area is 131 Å². The monoisotopic (exact) mass is 310 g/mol. The number of nitrogens with one attached hydrogen (secondary N) is 2. The summed E-state index contributed by atoms with van der Waals surface area (Å²) in [5.74, 6) is 0.0238. The van der Waals surface area contributed by atoms with Gasteiger partial charge in [0.25, 0.3) is 5.91 Å². The fraction of sp³-hybridized carbons (Fsp3) is 0.688. The van der Waals surface area contributed by atoms with Crippen molar-refractivity contribution in [2.45, 2.75) is 57.8 Å². The molecule has 2 N–H and O–H groups in total. The zero-order chi connectivity index (χ0) is 15.5. The van der Waals surface area contributed by atoms with E-state index < -0.39 is 0 Å². The van der Waals surface area contributed by atoms with E-state index in [9.17, 15) is 4.79 Å². The minimum Gasteiger partial charge on any atom is -0.368 e.